The topological polar surface area (TPSA) is 68.9 Å². The number of aliphatic imine (C=N–C) groups is 1. The van der Waals surface area contributed by atoms with Gasteiger partial charge in [-0.05, 0) is 44.0 Å². The second kappa shape index (κ2) is 11.6. The summed E-state index contributed by atoms with van der Waals surface area (Å²) >= 11 is 0. The van der Waals surface area contributed by atoms with Crippen molar-refractivity contribution >= 4 is 35.6 Å². The predicted octanol–water partition coefficient (Wildman–Crippen LogP) is 4.35. The van der Waals surface area contributed by atoms with Gasteiger partial charge in [0.15, 0.2) is 5.96 Å². The minimum atomic E-state index is -0.603. The molecule has 0 radical (unpaired) electrons. The van der Waals surface area contributed by atoms with Crippen molar-refractivity contribution in [2.24, 2.45) is 10.7 Å². The van der Waals surface area contributed by atoms with Crippen LogP contribution in [-0.2, 0) is 6.42 Å². The summed E-state index contributed by atoms with van der Waals surface area (Å²) in [6.07, 6.45) is 0.311. The first-order valence-corrected chi connectivity index (χ1v) is 8.44. The van der Waals surface area contributed by atoms with E-state index in [-0.39, 0.29) is 36.5 Å². The summed E-state index contributed by atoms with van der Waals surface area (Å²) in [5, 5.41) is 2.97. The molecule has 8 heteroatoms. The van der Waals surface area contributed by atoms with Crippen LogP contribution in [-0.4, -0.2) is 25.7 Å². The Morgan fingerprint density at radius 3 is 2.48 bits per heavy atom. The summed E-state index contributed by atoms with van der Waals surface area (Å²) in [6.45, 7) is 5.09. The highest BCUT2D eigenvalue weighted by Crippen LogP contribution is 2.29. The number of nitrogens with one attached hydrogen (secondary N) is 1. The van der Waals surface area contributed by atoms with Gasteiger partial charge in [-0.2, -0.15) is 0 Å². The first-order chi connectivity index (χ1) is 12.5. The zero-order valence-corrected chi connectivity index (χ0v) is 17.6. The number of hydrogen-bond donors (Lipinski definition) is 2. The van der Waals surface area contributed by atoms with Crippen LogP contribution in [0.5, 0.6) is 11.5 Å². The van der Waals surface area contributed by atoms with Crippen LogP contribution in [0.4, 0.5) is 14.5 Å². The summed E-state index contributed by atoms with van der Waals surface area (Å²) in [5.74, 6) is 0.281. The third-order valence-electron chi connectivity index (χ3n) is 3.50. The van der Waals surface area contributed by atoms with Gasteiger partial charge in [-0.3, -0.25) is 4.99 Å². The lowest BCUT2D eigenvalue weighted by Gasteiger charge is -2.14. The molecule has 5 nitrogen and oxygen atoms in total. The van der Waals surface area contributed by atoms with E-state index in [1.54, 1.807) is 12.1 Å². The Morgan fingerprint density at radius 1 is 1.07 bits per heavy atom. The minimum absolute atomic E-state index is 0. The molecule has 0 amide bonds. The zero-order chi connectivity index (χ0) is 18.9. The smallest absolute Gasteiger partial charge is 0.193 e. The molecule has 27 heavy (non-hydrogen) atoms. The summed E-state index contributed by atoms with van der Waals surface area (Å²) in [6, 6.07) is 8.85. The maximum absolute atomic E-state index is 13.6. The van der Waals surface area contributed by atoms with E-state index >= 15 is 0 Å². The number of rotatable bonds is 8. The summed E-state index contributed by atoms with van der Waals surface area (Å²) < 4.78 is 37.6. The van der Waals surface area contributed by atoms with E-state index in [1.165, 1.54) is 12.1 Å². The minimum Gasteiger partial charge on any atom is -0.494 e. The van der Waals surface area contributed by atoms with Gasteiger partial charge in [-0.25, -0.2) is 8.78 Å². The molecule has 0 aliphatic rings. The van der Waals surface area contributed by atoms with Gasteiger partial charge in [0.1, 0.15) is 23.1 Å². The number of anilines is 1. The maximum Gasteiger partial charge on any atom is 0.193 e. The number of halogens is 3. The summed E-state index contributed by atoms with van der Waals surface area (Å²) in [5.41, 5.74) is 6.93. The number of guanidine groups is 1. The van der Waals surface area contributed by atoms with Gasteiger partial charge in [-0.15, -0.1) is 24.0 Å². The maximum atomic E-state index is 13.6. The quantitative estimate of drug-likeness (QED) is 0.328. The van der Waals surface area contributed by atoms with E-state index < -0.39 is 11.6 Å². The Labute approximate surface area is 175 Å². The second-order valence-corrected chi connectivity index (χ2v) is 5.40. The predicted molar refractivity (Wildman–Crippen MR) is 114 cm³/mol. The van der Waals surface area contributed by atoms with Gasteiger partial charge in [-0.1, -0.05) is 6.07 Å². The van der Waals surface area contributed by atoms with Gasteiger partial charge >= 0.3 is 0 Å². The largest absolute Gasteiger partial charge is 0.494 e. The number of hydrogen-bond acceptors (Lipinski definition) is 3. The van der Waals surface area contributed by atoms with E-state index in [1.807, 2.05) is 19.9 Å². The molecule has 0 unspecified atom stereocenters. The second-order valence-electron chi connectivity index (χ2n) is 5.40. The first-order valence-electron chi connectivity index (χ1n) is 8.44. The number of nitrogens with two attached hydrogens (primary N) is 1. The average molecular weight is 491 g/mol. The van der Waals surface area contributed by atoms with E-state index in [4.69, 9.17) is 15.2 Å². The molecule has 2 aromatic rings. The standard InChI is InChI=1S/C19H23F2N3O2.HI/c1-3-25-15-7-8-18(26-4-2)17(12-15)24-19(22)23-10-9-13-5-6-14(20)11-16(13)21;/h5-8,11-12H,3-4,9-10H2,1-2H3,(H3,22,23,24);1H. The number of ether oxygens (including phenoxy) is 2. The van der Waals surface area contributed by atoms with Crippen LogP contribution in [0.2, 0.25) is 0 Å². The Morgan fingerprint density at radius 2 is 1.81 bits per heavy atom. The van der Waals surface area contributed by atoms with Crippen molar-refractivity contribution in [1.29, 1.82) is 0 Å². The van der Waals surface area contributed by atoms with Crippen molar-refractivity contribution in [3.8, 4) is 11.5 Å². The molecule has 0 saturated carbocycles. The lowest BCUT2D eigenvalue weighted by molar-refractivity contribution is 0.332. The third kappa shape index (κ3) is 7.20. The highest BCUT2D eigenvalue weighted by Gasteiger charge is 2.08. The molecule has 0 saturated heterocycles. The van der Waals surface area contributed by atoms with E-state index in [0.29, 0.717) is 42.4 Å². The fourth-order valence-electron chi connectivity index (χ4n) is 2.34. The molecule has 0 spiro atoms. The Hall–Kier alpha value is -2.10. The van der Waals surface area contributed by atoms with Gasteiger partial charge in [0.2, 0.25) is 0 Å². The molecule has 3 N–H and O–H groups in total. The molecule has 0 aliphatic carbocycles. The molecular weight excluding hydrogens is 467 g/mol. The molecule has 0 bridgehead atoms. The number of nitrogens with zero attached hydrogens (tertiary/aromatic N) is 1. The van der Waals surface area contributed by atoms with Gasteiger partial charge in [0.25, 0.3) is 0 Å². The molecular formula is C19H24F2IN3O2. The first kappa shape index (κ1) is 22.9. The van der Waals surface area contributed by atoms with Crippen LogP contribution in [0, 0.1) is 11.6 Å². The van der Waals surface area contributed by atoms with E-state index in [9.17, 15) is 8.78 Å². The van der Waals surface area contributed by atoms with Crippen molar-refractivity contribution in [1.82, 2.24) is 0 Å². The van der Waals surface area contributed by atoms with Crippen molar-refractivity contribution in [3.63, 3.8) is 0 Å². The van der Waals surface area contributed by atoms with Crippen LogP contribution in [0.1, 0.15) is 19.4 Å². The highest BCUT2D eigenvalue weighted by molar-refractivity contribution is 14.0. The van der Waals surface area contributed by atoms with Crippen LogP contribution < -0.4 is 20.5 Å². The lowest BCUT2D eigenvalue weighted by atomic mass is 10.1. The molecule has 2 aromatic carbocycles. The summed E-state index contributed by atoms with van der Waals surface area (Å²) in [4.78, 5) is 4.18. The van der Waals surface area contributed by atoms with Gasteiger partial charge in [0.05, 0.1) is 18.9 Å². The molecule has 0 aliphatic heterocycles. The Bertz CT molecular complexity index is 773. The van der Waals surface area contributed by atoms with E-state index in [0.717, 1.165) is 6.07 Å². The normalized spacial score (nSPS) is 10.9. The van der Waals surface area contributed by atoms with Gasteiger partial charge in [0, 0.05) is 18.7 Å². The monoisotopic (exact) mass is 491 g/mol. The average Bonchev–Trinajstić information content (AvgIpc) is 2.59. The molecule has 0 heterocycles. The third-order valence-corrected chi connectivity index (χ3v) is 3.50. The van der Waals surface area contributed by atoms with Crippen LogP contribution in [0.3, 0.4) is 0 Å². The van der Waals surface area contributed by atoms with Crippen molar-refractivity contribution in [2.45, 2.75) is 20.3 Å². The fourth-order valence-corrected chi connectivity index (χ4v) is 2.34. The molecule has 148 valence electrons. The van der Waals surface area contributed by atoms with Crippen LogP contribution in [0.25, 0.3) is 0 Å². The highest BCUT2D eigenvalue weighted by atomic mass is 127. The van der Waals surface area contributed by atoms with Crippen LogP contribution in [0.15, 0.2) is 41.4 Å². The van der Waals surface area contributed by atoms with E-state index in [2.05, 4.69) is 10.3 Å². The Kier molecular flexibility index (Phi) is 9.84. The van der Waals surface area contributed by atoms with Crippen molar-refractivity contribution in [2.75, 3.05) is 25.1 Å². The molecule has 0 atom stereocenters. The van der Waals surface area contributed by atoms with Crippen LogP contribution >= 0.6 is 24.0 Å². The fraction of sp³-hybridized carbons (Fsp3) is 0.316. The molecule has 2 rings (SSSR count). The van der Waals surface area contributed by atoms with Crippen molar-refractivity contribution < 1.29 is 18.3 Å². The number of benzene rings is 2. The molecule has 0 aromatic heterocycles. The van der Waals surface area contributed by atoms with Crippen molar-refractivity contribution in [3.05, 3.63) is 53.6 Å². The Balaban J connectivity index is 0.00000364. The lowest BCUT2D eigenvalue weighted by Crippen LogP contribution is -2.23. The van der Waals surface area contributed by atoms with Gasteiger partial charge < -0.3 is 20.5 Å². The molecule has 0 fully saturated rings. The zero-order valence-electron chi connectivity index (χ0n) is 15.3. The SMILES string of the molecule is CCOc1ccc(OCC)c(NC(N)=NCCc2ccc(F)cc2F)c1.I. The summed E-state index contributed by atoms with van der Waals surface area (Å²) in [7, 11) is 0.